The van der Waals surface area contributed by atoms with E-state index in [0.717, 1.165) is 12.8 Å². The Morgan fingerprint density at radius 2 is 1.49 bits per heavy atom. The first-order valence-electron chi connectivity index (χ1n) is 18.6. The Kier molecular flexibility index (Phi) is 12.3. The molecule has 1 saturated heterocycles. The summed E-state index contributed by atoms with van der Waals surface area (Å²) in [6.45, 7) is 14.9. The molecule has 1 aliphatic heterocycles. The molecular weight excluding hydrogens is 678 g/mol. The van der Waals surface area contributed by atoms with Crippen LogP contribution in [-0.4, -0.2) is 102 Å². The van der Waals surface area contributed by atoms with Crippen LogP contribution in [-0.2, 0) is 28.8 Å². The van der Waals surface area contributed by atoms with Crippen molar-refractivity contribution in [3.8, 4) is 0 Å². The number of nitrogens with zero attached hydrogens (tertiary/aromatic N) is 2. The lowest BCUT2D eigenvalue weighted by Crippen LogP contribution is -2.62. The normalized spacial score (nSPS) is 22.4. The van der Waals surface area contributed by atoms with Crippen LogP contribution in [0.25, 0.3) is 0 Å². The molecule has 5 N–H and O–H groups in total. The Hall–Kier alpha value is -4.49. The van der Waals surface area contributed by atoms with Crippen LogP contribution in [0.1, 0.15) is 92.7 Å². The highest BCUT2D eigenvalue weighted by molar-refractivity contribution is 6.38. The van der Waals surface area contributed by atoms with Crippen LogP contribution >= 0.6 is 0 Å². The maximum atomic E-state index is 14.3. The zero-order chi connectivity index (χ0) is 39.6. The minimum absolute atomic E-state index is 0.0488. The summed E-state index contributed by atoms with van der Waals surface area (Å²) in [6.07, 6.45) is 2.91. The topological polar surface area (TPSA) is 186 Å². The van der Waals surface area contributed by atoms with Crippen molar-refractivity contribution in [2.24, 2.45) is 28.6 Å². The van der Waals surface area contributed by atoms with E-state index in [1.807, 2.05) is 55.4 Å². The average molecular weight is 738 g/mol. The van der Waals surface area contributed by atoms with Gasteiger partial charge in [0.15, 0.2) is 0 Å². The van der Waals surface area contributed by atoms with E-state index < -0.39 is 77.1 Å². The number of piperidine rings is 1. The number of hydrogen-bond donors (Lipinski definition) is 5. The highest BCUT2D eigenvalue weighted by atomic mass is 16.2. The first-order chi connectivity index (χ1) is 24.5. The van der Waals surface area contributed by atoms with Crippen molar-refractivity contribution in [1.29, 1.82) is 0 Å². The van der Waals surface area contributed by atoms with Gasteiger partial charge in [-0.2, -0.15) is 0 Å². The Balaban J connectivity index is 1.49. The molecule has 292 valence electrons. The van der Waals surface area contributed by atoms with Gasteiger partial charge < -0.3 is 36.4 Å². The molecular formula is C39H59N7O7. The number of fused-ring (bicyclic) bond motifs is 1. The van der Waals surface area contributed by atoms with Gasteiger partial charge in [-0.15, -0.1) is 0 Å². The van der Waals surface area contributed by atoms with E-state index in [2.05, 4.69) is 26.6 Å². The van der Waals surface area contributed by atoms with Crippen LogP contribution < -0.4 is 26.6 Å². The fraction of sp³-hybridized carbons (Fsp3) is 0.667. The van der Waals surface area contributed by atoms with Crippen LogP contribution in [0.4, 0.5) is 4.79 Å². The average Bonchev–Trinajstić information content (AvgIpc) is 3.50. The molecule has 14 nitrogen and oxygen atoms in total. The number of amides is 7. The number of urea groups is 1. The van der Waals surface area contributed by atoms with E-state index in [1.54, 1.807) is 44.4 Å². The maximum absolute atomic E-state index is 14.3. The number of carbonyl (C=O) groups excluding carboxylic acids is 7. The van der Waals surface area contributed by atoms with Crippen LogP contribution in [0.15, 0.2) is 30.3 Å². The number of benzene rings is 1. The summed E-state index contributed by atoms with van der Waals surface area (Å²) in [5.41, 5.74) is -0.895. The molecule has 3 fully saturated rings. The lowest BCUT2D eigenvalue weighted by molar-refractivity contribution is -0.146. The number of Topliss-reactive ketones (excluding diaryl/α,β-unsaturated/α-hetero) is 1. The molecule has 1 aromatic carbocycles. The molecule has 0 aromatic heterocycles. The molecule has 3 aliphatic rings. The molecule has 1 unspecified atom stereocenters. The van der Waals surface area contributed by atoms with Crippen molar-refractivity contribution in [2.45, 2.75) is 111 Å². The summed E-state index contributed by atoms with van der Waals surface area (Å²) in [5, 5.41) is 13.6. The van der Waals surface area contributed by atoms with Crippen molar-refractivity contribution in [3.63, 3.8) is 0 Å². The maximum Gasteiger partial charge on any atom is 0.315 e. The summed E-state index contributed by atoms with van der Waals surface area (Å²) < 4.78 is 0. The fourth-order valence-corrected chi connectivity index (χ4v) is 7.85. The number of hydrogen-bond acceptors (Lipinski definition) is 7. The van der Waals surface area contributed by atoms with Gasteiger partial charge in [0.05, 0.1) is 6.54 Å². The second kappa shape index (κ2) is 15.9. The van der Waals surface area contributed by atoms with Gasteiger partial charge >= 0.3 is 6.03 Å². The first kappa shape index (κ1) is 41.3. The largest absolute Gasteiger partial charge is 0.347 e. The molecule has 0 spiro atoms. The van der Waals surface area contributed by atoms with Crippen LogP contribution in [0, 0.1) is 28.6 Å². The smallest absolute Gasteiger partial charge is 0.315 e. The molecule has 6 atom stereocenters. The zero-order valence-electron chi connectivity index (χ0n) is 32.9. The Labute approximate surface area is 313 Å². The number of likely N-dealkylation sites (N-methyl/N-ethyl adjacent to an activating group) is 1. The minimum atomic E-state index is -1.16. The van der Waals surface area contributed by atoms with Crippen molar-refractivity contribution in [1.82, 2.24) is 36.4 Å². The molecule has 14 heteroatoms. The minimum Gasteiger partial charge on any atom is -0.347 e. The number of rotatable bonds is 12. The summed E-state index contributed by atoms with van der Waals surface area (Å²) in [7, 11) is 3.14. The molecule has 1 heterocycles. The quantitative estimate of drug-likeness (QED) is 0.204. The third-order valence-electron chi connectivity index (χ3n) is 10.8. The van der Waals surface area contributed by atoms with Gasteiger partial charge in [-0.1, -0.05) is 77.8 Å². The lowest BCUT2D eigenvalue weighted by Gasteiger charge is -2.38. The van der Waals surface area contributed by atoms with E-state index in [4.69, 9.17) is 0 Å². The number of ketones is 1. The molecule has 7 amide bonds. The van der Waals surface area contributed by atoms with E-state index in [1.165, 1.54) is 9.80 Å². The van der Waals surface area contributed by atoms with E-state index in [0.29, 0.717) is 24.9 Å². The molecule has 2 aliphatic carbocycles. The third-order valence-corrected chi connectivity index (χ3v) is 10.8. The lowest BCUT2D eigenvalue weighted by atomic mass is 9.85. The fourth-order valence-electron chi connectivity index (χ4n) is 7.85. The highest BCUT2D eigenvalue weighted by Gasteiger charge is 2.70. The van der Waals surface area contributed by atoms with Crippen LogP contribution in [0.2, 0.25) is 0 Å². The zero-order valence-corrected chi connectivity index (χ0v) is 32.9. The summed E-state index contributed by atoms with van der Waals surface area (Å²) in [4.78, 5) is 97.4. The van der Waals surface area contributed by atoms with Gasteiger partial charge in [0, 0.05) is 26.2 Å². The number of nitrogens with one attached hydrogen (secondary N) is 5. The Morgan fingerprint density at radius 3 is 2.04 bits per heavy atom. The molecule has 0 bridgehead atoms. The first-order valence-corrected chi connectivity index (χ1v) is 18.6. The van der Waals surface area contributed by atoms with Gasteiger partial charge in [-0.05, 0) is 67.8 Å². The van der Waals surface area contributed by atoms with Crippen molar-refractivity contribution in [2.75, 3.05) is 27.2 Å². The second-order valence-corrected chi connectivity index (χ2v) is 17.8. The van der Waals surface area contributed by atoms with Crippen LogP contribution in [0.5, 0.6) is 0 Å². The van der Waals surface area contributed by atoms with Crippen molar-refractivity contribution < 1.29 is 33.6 Å². The van der Waals surface area contributed by atoms with Gasteiger partial charge in [0.1, 0.15) is 24.2 Å². The Bertz CT molecular complexity index is 1570. The summed E-state index contributed by atoms with van der Waals surface area (Å²) >= 11 is 0. The van der Waals surface area contributed by atoms with Crippen molar-refractivity contribution >= 4 is 41.4 Å². The second-order valence-electron chi connectivity index (χ2n) is 17.8. The standard InChI is InChI=1S/C39H59N7O7/c1-37(2,3)31(43-36(53)44-38(4,5)6)35(52)46-21-24-26(39(24,7)8)29(46)32(49)42-27(22-18-14-15-19-22)30(48)33(50)40-20-25(47)41-28(34(51)45(9)10)23-16-12-11-13-17-23/h11-13,16-17,22,24,26-29,31H,14-15,18-21H2,1-10H3,(H,40,50)(H,41,47)(H,42,49)(H2,43,44,53)/t24-,26-,27?,28-,29-,31+/m0/s1. The van der Waals surface area contributed by atoms with Gasteiger partial charge in [-0.25, -0.2) is 4.79 Å². The summed E-state index contributed by atoms with van der Waals surface area (Å²) in [5.74, 6) is -4.28. The number of likely N-dealkylation sites (tertiary alicyclic amines) is 1. The predicted octanol–water partition coefficient (Wildman–Crippen LogP) is 2.29. The van der Waals surface area contributed by atoms with E-state index in [-0.39, 0.29) is 29.1 Å². The monoisotopic (exact) mass is 737 g/mol. The predicted molar refractivity (Wildman–Crippen MR) is 199 cm³/mol. The van der Waals surface area contributed by atoms with Crippen LogP contribution in [0.3, 0.4) is 0 Å². The van der Waals surface area contributed by atoms with E-state index in [9.17, 15) is 33.6 Å². The molecule has 0 radical (unpaired) electrons. The molecule has 2 saturated carbocycles. The summed E-state index contributed by atoms with van der Waals surface area (Å²) in [6, 6.07) is 4.18. The van der Waals surface area contributed by atoms with Crippen molar-refractivity contribution in [3.05, 3.63) is 35.9 Å². The van der Waals surface area contributed by atoms with Gasteiger partial charge in [-0.3, -0.25) is 28.8 Å². The molecule has 4 rings (SSSR count). The van der Waals surface area contributed by atoms with Gasteiger partial charge in [0.25, 0.3) is 5.91 Å². The number of carbonyl (C=O) groups is 7. The molecule has 1 aromatic rings. The SMILES string of the molecule is CN(C)C(=O)[C@@H](NC(=O)CNC(=O)C(=O)C(NC(=O)[C@@H]1[C@@H]2[C@H](CN1C(=O)[C@@H](NC(=O)NC(C)(C)C)C(C)(C)C)C2(C)C)C1CCCC1)c1ccccc1. The highest BCUT2D eigenvalue weighted by Crippen LogP contribution is 2.65. The van der Waals surface area contributed by atoms with Gasteiger partial charge in [0.2, 0.25) is 29.4 Å². The van der Waals surface area contributed by atoms with E-state index >= 15 is 0 Å². The third kappa shape index (κ3) is 9.74. The Morgan fingerprint density at radius 1 is 0.887 bits per heavy atom. The molecule has 53 heavy (non-hydrogen) atoms.